The largest absolute Gasteiger partial charge is 0.509 e. The molecule has 2 heterocycles. The smallest absolute Gasteiger partial charge is 0.458 e. The summed E-state index contributed by atoms with van der Waals surface area (Å²) >= 11 is 0. The molecular weight excluding hydrogens is 348 g/mol. The number of esters is 1. The van der Waals surface area contributed by atoms with E-state index < -0.39 is 23.3 Å². The number of cyclic esters (lactones) is 1. The van der Waals surface area contributed by atoms with Gasteiger partial charge < -0.3 is 19.3 Å². The number of carbonyl (C=O) groups excluding carboxylic acids is 2. The standard InChI is InChI=1S/C21H30O6/c1-12-15-16(27-18(23)26-15)17-19(2,3)7-5-8-20(17,4)21(12,24)9-6-13-10-14(22)25-11-13/h10,12,15-17,24H,5-9,11H2,1-4H3/t12-,15+,16+,17-,20-,21+/m0/s1. The van der Waals surface area contributed by atoms with Gasteiger partial charge in [-0.25, -0.2) is 9.59 Å². The molecule has 0 radical (unpaired) electrons. The summed E-state index contributed by atoms with van der Waals surface area (Å²) in [7, 11) is 0. The van der Waals surface area contributed by atoms with Crippen molar-refractivity contribution in [3.05, 3.63) is 11.6 Å². The molecule has 4 rings (SSSR count). The number of rotatable bonds is 3. The number of hydrogen-bond donors (Lipinski definition) is 1. The Morgan fingerprint density at radius 3 is 2.52 bits per heavy atom. The van der Waals surface area contributed by atoms with E-state index >= 15 is 0 Å². The van der Waals surface area contributed by atoms with Crippen LogP contribution in [0.25, 0.3) is 0 Å². The summed E-state index contributed by atoms with van der Waals surface area (Å²) < 4.78 is 16.2. The van der Waals surface area contributed by atoms with Gasteiger partial charge in [0.05, 0.1) is 5.60 Å². The van der Waals surface area contributed by atoms with Crippen LogP contribution in [0.4, 0.5) is 4.79 Å². The van der Waals surface area contributed by atoms with Crippen molar-refractivity contribution in [1.82, 2.24) is 0 Å². The lowest BCUT2D eigenvalue weighted by Crippen LogP contribution is -2.70. The van der Waals surface area contributed by atoms with Crippen molar-refractivity contribution in [2.45, 2.75) is 77.6 Å². The van der Waals surface area contributed by atoms with E-state index in [4.69, 9.17) is 14.2 Å². The molecule has 0 aromatic heterocycles. The van der Waals surface area contributed by atoms with Gasteiger partial charge >= 0.3 is 12.1 Å². The molecule has 0 amide bonds. The van der Waals surface area contributed by atoms with Crippen molar-refractivity contribution in [1.29, 1.82) is 0 Å². The minimum atomic E-state index is -1.02. The molecule has 0 spiro atoms. The summed E-state index contributed by atoms with van der Waals surface area (Å²) in [6.07, 6.45) is 4.22. The van der Waals surface area contributed by atoms with E-state index in [1.807, 2.05) is 6.92 Å². The highest BCUT2D eigenvalue weighted by molar-refractivity contribution is 5.85. The van der Waals surface area contributed by atoms with Crippen LogP contribution in [0.1, 0.15) is 59.8 Å². The SMILES string of the molecule is C[C@H]1[C@H]2OC(=O)O[C@H]2[C@H]2C(C)(C)CCC[C@]2(C)[C@@]1(O)CCC1=CC(=O)OC1. The van der Waals surface area contributed by atoms with Crippen molar-refractivity contribution < 1.29 is 28.9 Å². The van der Waals surface area contributed by atoms with Gasteiger partial charge in [-0.05, 0) is 36.7 Å². The second kappa shape index (κ2) is 5.97. The Labute approximate surface area is 160 Å². The van der Waals surface area contributed by atoms with Gasteiger partial charge in [-0.2, -0.15) is 0 Å². The lowest BCUT2D eigenvalue weighted by atomic mass is 9.43. The number of carbonyl (C=O) groups is 2. The number of aliphatic hydroxyl groups is 1. The molecule has 0 aromatic carbocycles. The fourth-order valence-electron chi connectivity index (χ4n) is 6.62. The summed E-state index contributed by atoms with van der Waals surface area (Å²) in [5.41, 5.74) is -0.564. The van der Waals surface area contributed by atoms with Gasteiger partial charge in [0.25, 0.3) is 0 Å². The van der Waals surface area contributed by atoms with Gasteiger partial charge in [-0.1, -0.05) is 34.1 Å². The molecule has 4 aliphatic rings. The average Bonchev–Trinajstić information content (AvgIpc) is 3.15. The zero-order chi connectivity index (χ0) is 19.6. The highest BCUT2D eigenvalue weighted by atomic mass is 16.8. The molecule has 2 aliphatic heterocycles. The lowest BCUT2D eigenvalue weighted by molar-refractivity contribution is -0.255. The number of ether oxygens (including phenoxy) is 3. The first-order chi connectivity index (χ1) is 12.6. The molecule has 0 bridgehead atoms. The quantitative estimate of drug-likeness (QED) is 0.758. The molecule has 1 N–H and O–H groups in total. The summed E-state index contributed by atoms with van der Waals surface area (Å²) in [4.78, 5) is 23.3. The fraction of sp³-hybridized carbons (Fsp3) is 0.810. The van der Waals surface area contributed by atoms with E-state index in [-0.39, 0.29) is 29.3 Å². The van der Waals surface area contributed by atoms with Gasteiger partial charge in [0.1, 0.15) is 18.8 Å². The number of hydrogen-bond acceptors (Lipinski definition) is 6. The Morgan fingerprint density at radius 1 is 1.15 bits per heavy atom. The van der Waals surface area contributed by atoms with Crippen molar-refractivity contribution in [3.63, 3.8) is 0 Å². The first-order valence-corrected chi connectivity index (χ1v) is 10.0. The van der Waals surface area contributed by atoms with Gasteiger partial charge in [-0.3, -0.25) is 0 Å². The van der Waals surface area contributed by atoms with E-state index in [0.29, 0.717) is 19.4 Å². The second-order valence-electron chi connectivity index (χ2n) is 9.78. The van der Waals surface area contributed by atoms with E-state index in [0.717, 1.165) is 24.8 Å². The van der Waals surface area contributed by atoms with Crippen molar-refractivity contribution in [3.8, 4) is 0 Å². The molecule has 150 valence electrons. The van der Waals surface area contributed by atoms with Crippen LogP contribution >= 0.6 is 0 Å². The third-order valence-corrected chi connectivity index (χ3v) is 7.95. The molecule has 0 aromatic rings. The Morgan fingerprint density at radius 2 is 1.85 bits per heavy atom. The van der Waals surface area contributed by atoms with E-state index in [2.05, 4.69) is 20.8 Å². The van der Waals surface area contributed by atoms with Gasteiger partial charge in [0.2, 0.25) is 0 Å². The Hall–Kier alpha value is -1.56. The highest BCUT2D eigenvalue weighted by Gasteiger charge is 2.70. The van der Waals surface area contributed by atoms with E-state index in [1.54, 1.807) is 0 Å². The first-order valence-electron chi connectivity index (χ1n) is 10.0. The third kappa shape index (κ3) is 2.63. The van der Waals surface area contributed by atoms with Crippen LogP contribution < -0.4 is 0 Å². The fourth-order valence-corrected chi connectivity index (χ4v) is 6.62. The van der Waals surface area contributed by atoms with Crippen LogP contribution in [0.3, 0.4) is 0 Å². The van der Waals surface area contributed by atoms with Crippen LogP contribution in [-0.2, 0) is 19.0 Å². The van der Waals surface area contributed by atoms with Crippen LogP contribution in [0, 0.1) is 22.7 Å². The maximum absolute atomic E-state index is 12.1. The minimum Gasteiger partial charge on any atom is -0.458 e. The molecule has 2 saturated carbocycles. The Bertz CT molecular complexity index is 697. The molecular formula is C21H30O6. The molecule has 0 unspecified atom stereocenters. The Kier molecular flexibility index (Phi) is 4.15. The molecule has 1 saturated heterocycles. The predicted octanol–water partition coefficient (Wildman–Crippen LogP) is 3.37. The third-order valence-electron chi connectivity index (χ3n) is 7.95. The first kappa shape index (κ1) is 18.8. The second-order valence-corrected chi connectivity index (χ2v) is 9.78. The van der Waals surface area contributed by atoms with Crippen LogP contribution in [0.5, 0.6) is 0 Å². The van der Waals surface area contributed by atoms with Gasteiger partial charge in [-0.15, -0.1) is 0 Å². The van der Waals surface area contributed by atoms with E-state index in [9.17, 15) is 14.7 Å². The zero-order valence-electron chi connectivity index (χ0n) is 16.6. The normalized spacial score (nSPS) is 45.3. The zero-order valence-corrected chi connectivity index (χ0v) is 16.6. The molecule has 3 fully saturated rings. The van der Waals surface area contributed by atoms with Gasteiger partial charge in [0.15, 0.2) is 0 Å². The number of fused-ring (bicyclic) bond motifs is 3. The molecule has 27 heavy (non-hydrogen) atoms. The molecule has 6 heteroatoms. The molecule has 2 aliphatic carbocycles. The summed E-state index contributed by atoms with van der Waals surface area (Å²) in [6.45, 7) is 8.84. The van der Waals surface area contributed by atoms with Crippen LogP contribution in [0.2, 0.25) is 0 Å². The average molecular weight is 378 g/mol. The van der Waals surface area contributed by atoms with E-state index in [1.165, 1.54) is 6.08 Å². The Balaban J connectivity index is 1.71. The maximum Gasteiger partial charge on any atom is 0.509 e. The predicted molar refractivity (Wildman–Crippen MR) is 96.8 cm³/mol. The van der Waals surface area contributed by atoms with Crippen molar-refractivity contribution >= 4 is 12.1 Å². The minimum absolute atomic E-state index is 0.0202. The van der Waals surface area contributed by atoms with Gasteiger partial charge in [0, 0.05) is 23.3 Å². The van der Waals surface area contributed by atoms with Crippen molar-refractivity contribution in [2.75, 3.05) is 6.61 Å². The lowest BCUT2D eigenvalue weighted by Gasteiger charge is -2.64. The molecule has 6 atom stereocenters. The van der Waals surface area contributed by atoms with Crippen LogP contribution in [-0.4, -0.2) is 41.6 Å². The topological polar surface area (TPSA) is 82.1 Å². The summed E-state index contributed by atoms with van der Waals surface area (Å²) in [5.74, 6) is -0.538. The molecule has 6 nitrogen and oxygen atoms in total. The highest BCUT2D eigenvalue weighted by Crippen LogP contribution is 2.65. The summed E-state index contributed by atoms with van der Waals surface area (Å²) in [6, 6.07) is 0. The summed E-state index contributed by atoms with van der Waals surface area (Å²) in [5, 5.41) is 12.1. The van der Waals surface area contributed by atoms with Crippen molar-refractivity contribution in [2.24, 2.45) is 22.7 Å². The van der Waals surface area contributed by atoms with Crippen LogP contribution in [0.15, 0.2) is 11.6 Å². The maximum atomic E-state index is 12.1. The monoisotopic (exact) mass is 378 g/mol.